The Morgan fingerprint density at radius 3 is 2.06 bits per heavy atom. The molecule has 0 aliphatic heterocycles. The van der Waals surface area contributed by atoms with Gasteiger partial charge in [0.15, 0.2) is 0 Å². The normalized spacial score (nSPS) is 12.6. The van der Waals surface area contributed by atoms with Crippen molar-refractivity contribution >= 4 is 0 Å². The third kappa shape index (κ3) is 4.08. The molecule has 96 valence electrons. The summed E-state index contributed by atoms with van der Waals surface area (Å²) in [5, 5.41) is 0. The molecule has 0 N–H and O–H groups in total. The minimum atomic E-state index is -5.19. The molecule has 9 heteroatoms. The van der Waals surface area contributed by atoms with Crippen LogP contribution in [0, 0.1) is 0 Å². The van der Waals surface area contributed by atoms with Gasteiger partial charge in [-0.05, 0) is 6.07 Å². The van der Waals surface area contributed by atoms with Gasteiger partial charge in [0.05, 0.1) is 11.3 Å². The van der Waals surface area contributed by atoms with Crippen LogP contribution in [0.15, 0.2) is 12.1 Å². The van der Waals surface area contributed by atoms with Crippen molar-refractivity contribution in [2.75, 3.05) is 0 Å². The number of nitrogens with zero attached hydrogens (tertiary/aromatic N) is 1. The molecule has 0 spiro atoms. The zero-order valence-corrected chi connectivity index (χ0v) is 7.86. The van der Waals surface area contributed by atoms with Crippen molar-refractivity contribution in [3.63, 3.8) is 0 Å². The van der Waals surface area contributed by atoms with Crippen LogP contribution in [-0.2, 0) is 12.9 Å². The van der Waals surface area contributed by atoms with Crippen LogP contribution in [0.25, 0.3) is 0 Å². The summed E-state index contributed by atoms with van der Waals surface area (Å²) in [5.74, 6) is -1.35. The van der Waals surface area contributed by atoms with E-state index < -0.39 is 36.4 Å². The van der Waals surface area contributed by atoms with Gasteiger partial charge in [-0.25, -0.2) is 9.37 Å². The molecule has 1 heterocycles. The van der Waals surface area contributed by atoms with Crippen LogP contribution in [0.5, 0.6) is 5.88 Å². The van der Waals surface area contributed by atoms with Gasteiger partial charge in [-0.3, -0.25) is 0 Å². The molecule has 0 radical (unpaired) electrons. The third-order valence-electron chi connectivity index (χ3n) is 1.54. The van der Waals surface area contributed by atoms with Gasteiger partial charge in [0.25, 0.3) is 0 Å². The maximum absolute atomic E-state index is 12.2. The summed E-state index contributed by atoms with van der Waals surface area (Å²) in [5.41, 5.74) is -2.25. The molecule has 17 heavy (non-hydrogen) atoms. The van der Waals surface area contributed by atoms with Crippen molar-refractivity contribution in [3.8, 4) is 5.88 Å². The van der Waals surface area contributed by atoms with E-state index >= 15 is 0 Å². The Bertz CT molecular complexity index is 398. The van der Waals surface area contributed by atoms with E-state index in [1.165, 1.54) is 0 Å². The van der Waals surface area contributed by atoms with E-state index in [9.17, 15) is 30.7 Å². The highest BCUT2D eigenvalue weighted by Gasteiger charge is 2.35. The van der Waals surface area contributed by atoms with Crippen LogP contribution in [-0.4, -0.2) is 11.3 Å². The fourth-order valence-electron chi connectivity index (χ4n) is 0.963. The first-order valence-corrected chi connectivity index (χ1v) is 4.01. The van der Waals surface area contributed by atoms with Gasteiger partial charge in [-0.2, -0.15) is 13.2 Å². The molecule has 1 aromatic rings. The van der Waals surface area contributed by atoms with Crippen LogP contribution in [0.3, 0.4) is 0 Å². The van der Waals surface area contributed by atoms with Crippen molar-refractivity contribution in [3.05, 3.63) is 23.4 Å². The standard InChI is InChI=1S/C8H4F7NO/c9-3-5-1-4(7(10,11)12)2-6(16-5)17-8(13,14)15/h1-2H,3H2. The van der Waals surface area contributed by atoms with Gasteiger partial charge in [0.1, 0.15) is 6.67 Å². The van der Waals surface area contributed by atoms with Gasteiger partial charge in [0.2, 0.25) is 5.88 Å². The van der Waals surface area contributed by atoms with Crippen molar-refractivity contribution in [1.82, 2.24) is 4.98 Å². The van der Waals surface area contributed by atoms with Crippen LogP contribution in [0.1, 0.15) is 11.3 Å². The average Bonchev–Trinajstić information content (AvgIpc) is 2.13. The topological polar surface area (TPSA) is 22.1 Å². The SMILES string of the molecule is FCc1cc(C(F)(F)F)cc(OC(F)(F)F)n1. The first-order chi connectivity index (χ1) is 7.62. The number of ether oxygens (including phenoxy) is 1. The number of aromatic nitrogens is 1. The summed E-state index contributed by atoms with van der Waals surface area (Å²) < 4.78 is 87.3. The zero-order chi connectivity index (χ0) is 13.3. The maximum atomic E-state index is 12.2. The maximum Gasteiger partial charge on any atom is 0.574 e. The van der Waals surface area contributed by atoms with Crippen LogP contribution < -0.4 is 4.74 Å². The van der Waals surface area contributed by atoms with Gasteiger partial charge in [-0.1, -0.05) is 0 Å². The Morgan fingerprint density at radius 2 is 1.65 bits per heavy atom. The molecular weight excluding hydrogens is 259 g/mol. The lowest BCUT2D eigenvalue weighted by molar-refractivity contribution is -0.276. The Labute approximate surface area is 90.0 Å². The fraction of sp³-hybridized carbons (Fsp3) is 0.375. The molecule has 0 amide bonds. The number of alkyl halides is 7. The van der Waals surface area contributed by atoms with E-state index in [0.717, 1.165) is 0 Å². The second-order valence-electron chi connectivity index (χ2n) is 2.86. The Morgan fingerprint density at radius 1 is 1.06 bits per heavy atom. The van der Waals surface area contributed by atoms with E-state index in [-0.39, 0.29) is 6.07 Å². The predicted molar refractivity (Wildman–Crippen MR) is 40.7 cm³/mol. The van der Waals surface area contributed by atoms with E-state index in [4.69, 9.17) is 0 Å². The average molecular weight is 263 g/mol. The van der Waals surface area contributed by atoms with Crippen LogP contribution in [0.2, 0.25) is 0 Å². The molecule has 0 aliphatic carbocycles. The number of pyridine rings is 1. The highest BCUT2D eigenvalue weighted by Crippen LogP contribution is 2.33. The molecule has 0 aliphatic rings. The largest absolute Gasteiger partial charge is 0.574 e. The number of hydrogen-bond donors (Lipinski definition) is 0. The van der Waals surface area contributed by atoms with Gasteiger partial charge >= 0.3 is 12.5 Å². The summed E-state index contributed by atoms with van der Waals surface area (Å²) in [6.45, 7) is -1.43. The summed E-state index contributed by atoms with van der Waals surface area (Å²) >= 11 is 0. The molecule has 0 atom stereocenters. The van der Waals surface area contributed by atoms with Crippen molar-refractivity contribution in [2.24, 2.45) is 0 Å². The van der Waals surface area contributed by atoms with Crippen LogP contribution in [0.4, 0.5) is 30.7 Å². The molecule has 0 fully saturated rings. The smallest absolute Gasteiger partial charge is 0.388 e. The van der Waals surface area contributed by atoms with E-state index in [2.05, 4.69) is 9.72 Å². The molecule has 0 saturated carbocycles. The number of hydrogen-bond acceptors (Lipinski definition) is 2. The summed E-state index contributed by atoms with van der Waals surface area (Å²) in [7, 11) is 0. The predicted octanol–water partition coefficient (Wildman–Crippen LogP) is 3.47. The quantitative estimate of drug-likeness (QED) is 0.762. The van der Waals surface area contributed by atoms with Gasteiger partial charge in [0, 0.05) is 6.07 Å². The first-order valence-electron chi connectivity index (χ1n) is 4.01. The highest BCUT2D eigenvalue weighted by molar-refractivity contribution is 5.27. The Balaban J connectivity index is 3.15. The molecule has 1 aromatic heterocycles. The fourth-order valence-corrected chi connectivity index (χ4v) is 0.963. The molecular formula is C8H4F7NO. The van der Waals surface area contributed by atoms with Crippen molar-refractivity contribution in [2.45, 2.75) is 19.2 Å². The summed E-state index contributed by atoms with van der Waals surface area (Å²) in [6.07, 6.45) is -10.1. The van der Waals surface area contributed by atoms with E-state index in [1.54, 1.807) is 0 Å². The lowest BCUT2D eigenvalue weighted by Crippen LogP contribution is -2.19. The molecule has 1 rings (SSSR count). The minimum Gasteiger partial charge on any atom is -0.388 e. The van der Waals surface area contributed by atoms with E-state index in [0.29, 0.717) is 6.07 Å². The molecule has 0 saturated heterocycles. The van der Waals surface area contributed by atoms with Gasteiger partial charge in [-0.15, -0.1) is 13.2 Å². The lowest BCUT2D eigenvalue weighted by Gasteiger charge is -2.12. The first kappa shape index (κ1) is 13.5. The highest BCUT2D eigenvalue weighted by atomic mass is 19.4. The Kier molecular flexibility index (Phi) is 3.48. The minimum absolute atomic E-state index is 0.0483. The van der Waals surface area contributed by atoms with Crippen molar-refractivity contribution < 1.29 is 35.5 Å². The summed E-state index contributed by atoms with van der Waals surface area (Å²) in [6, 6.07) is 0.357. The Hall–Kier alpha value is -1.54. The molecule has 0 bridgehead atoms. The molecule has 2 nitrogen and oxygen atoms in total. The monoisotopic (exact) mass is 263 g/mol. The van der Waals surface area contributed by atoms with E-state index in [1.807, 2.05) is 0 Å². The zero-order valence-electron chi connectivity index (χ0n) is 7.86. The second kappa shape index (κ2) is 4.38. The number of halogens is 7. The summed E-state index contributed by atoms with van der Waals surface area (Å²) in [4.78, 5) is 2.93. The second-order valence-corrected chi connectivity index (χ2v) is 2.86. The molecule has 0 aromatic carbocycles. The lowest BCUT2D eigenvalue weighted by atomic mass is 10.2. The third-order valence-corrected chi connectivity index (χ3v) is 1.54. The number of rotatable bonds is 2. The van der Waals surface area contributed by atoms with Gasteiger partial charge < -0.3 is 4.74 Å². The molecule has 0 unspecified atom stereocenters. The van der Waals surface area contributed by atoms with Crippen LogP contribution >= 0.6 is 0 Å². The van der Waals surface area contributed by atoms with Crippen molar-refractivity contribution in [1.29, 1.82) is 0 Å².